The van der Waals surface area contributed by atoms with Gasteiger partial charge in [-0.05, 0) is 42.0 Å². The molecule has 0 aliphatic carbocycles. The van der Waals surface area contributed by atoms with Crippen molar-refractivity contribution in [1.29, 1.82) is 5.26 Å². The Morgan fingerprint density at radius 3 is 2.46 bits per heavy atom. The summed E-state index contributed by atoms with van der Waals surface area (Å²) in [5, 5.41) is 10.1. The Hall–Kier alpha value is -4.17. The van der Waals surface area contributed by atoms with Crippen molar-refractivity contribution in [2.24, 2.45) is 11.5 Å². The quantitative estimate of drug-likeness (QED) is 0.584. The number of anilines is 1. The van der Waals surface area contributed by atoms with E-state index in [2.05, 4.69) is 6.07 Å². The standard InChI is InChI=1S/C24H24N4O6S/c1-32-16-6-4-15(5-7-16)28-18-9-10-35(30,31)23(18)22(17(12-25)24(28)27)14-3-8-19(20(11-14)33-2)34-13-21(26)29/h3-8,11,22H,9-10,13,27H2,1-2H3,(H2,26,29). The molecule has 0 bridgehead atoms. The fraction of sp³-hybridized carbons (Fsp3) is 0.250. The molecule has 0 radical (unpaired) electrons. The zero-order valence-electron chi connectivity index (χ0n) is 19.1. The third kappa shape index (κ3) is 4.24. The molecule has 2 aromatic carbocycles. The number of carbonyl (C=O) groups excluding carboxylic acids is 1. The molecule has 1 atom stereocenters. The molecule has 2 aliphatic heterocycles. The van der Waals surface area contributed by atoms with Gasteiger partial charge in [0, 0.05) is 17.8 Å². The topological polar surface area (TPSA) is 158 Å². The molecule has 10 nitrogen and oxygen atoms in total. The average Bonchev–Trinajstić information content (AvgIpc) is 3.16. The molecule has 0 aromatic heterocycles. The van der Waals surface area contributed by atoms with Crippen LogP contribution >= 0.6 is 0 Å². The summed E-state index contributed by atoms with van der Waals surface area (Å²) in [4.78, 5) is 12.9. The first kappa shape index (κ1) is 24.0. The fourth-order valence-corrected chi connectivity index (χ4v) is 6.20. The molecule has 4 N–H and O–H groups in total. The summed E-state index contributed by atoms with van der Waals surface area (Å²) in [6.45, 7) is -0.351. The molecule has 2 heterocycles. The van der Waals surface area contributed by atoms with E-state index in [1.165, 1.54) is 7.11 Å². The number of nitrogens with zero attached hydrogens (tertiary/aromatic N) is 2. The van der Waals surface area contributed by atoms with Crippen molar-refractivity contribution >= 4 is 21.4 Å². The number of primary amides is 1. The minimum absolute atomic E-state index is 0.0935. The van der Waals surface area contributed by atoms with Gasteiger partial charge >= 0.3 is 0 Å². The summed E-state index contributed by atoms with van der Waals surface area (Å²) < 4.78 is 42.5. The number of nitriles is 1. The van der Waals surface area contributed by atoms with E-state index in [4.69, 9.17) is 25.7 Å². The summed E-state index contributed by atoms with van der Waals surface area (Å²) >= 11 is 0. The summed E-state index contributed by atoms with van der Waals surface area (Å²) in [5.41, 5.74) is 13.4. The number of rotatable bonds is 7. The number of methoxy groups -OCH3 is 2. The normalized spacial score (nSPS) is 18.7. The number of carbonyl (C=O) groups is 1. The van der Waals surface area contributed by atoms with Crippen LogP contribution in [-0.2, 0) is 14.6 Å². The van der Waals surface area contributed by atoms with Gasteiger partial charge < -0.3 is 25.7 Å². The largest absolute Gasteiger partial charge is 0.497 e. The van der Waals surface area contributed by atoms with Gasteiger partial charge in [0.05, 0.1) is 42.4 Å². The molecule has 35 heavy (non-hydrogen) atoms. The molecule has 4 rings (SSSR count). The maximum Gasteiger partial charge on any atom is 0.255 e. The number of ether oxygens (including phenoxy) is 3. The molecule has 0 saturated carbocycles. The minimum atomic E-state index is -3.68. The van der Waals surface area contributed by atoms with Gasteiger partial charge in [-0.2, -0.15) is 5.26 Å². The van der Waals surface area contributed by atoms with E-state index in [9.17, 15) is 18.5 Å². The Labute approximate surface area is 202 Å². The van der Waals surface area contributed by atoms with Gasteiger partial charge in [0.2, 0.25) is 0 Å². The molecule has 0 fully saturated rings. The van der Waals surface area contributed by atoms with Crippen molar-refractivity contribution in [1.82, 2.24) is 0 Å². The first-order chi connectivity index (χ1) is 16.7. The van der Waals surface area contributed by atoms with Crippen LogP contribution in [0.25, 0.3) is 0 Å². The van der Waals surface area contributed by atoms with Crippen LogP contribution in [0.4, 0.5) is 5.69 Å². The second-order valence-corrected chi connectivity index (χ2v) is 10.00. The molecule has 2 aliphatic rings. The lowest BCUT2D eigenvalue weighted by Crippen LogP contribution is -2.34. The van der Waals surface area contributed by atoms with Gasteiger partial charge in [-0.15, -0.1) is 0 Å². The number of hydrogen-bond acceptors (Lipinski definition) is 9. The zero-order valence-corrected chi connectivity index (χ0v) is 20.0. The van der Waals surface area contributed by atoms with Crippen LogP contribution < -0.4 is 30.6 Å². The second kappa shape index (κ2) is 9.23. The molecule has 2 aromatic rings. The van der Waals surface area contributed by atoms with Gasteiger partial charge in [-0.25, -0.2) is 8.42 Å². The van der Waals surface area contributed by atoms with Gasteiger partial charge in [0.1, 0.15) is 11.6 Å². The highest BCUT2D eigenvalue weighted by Crippen LogP contribution is 2.49. The second-order valence-electron chi connectivity index (χ2n) is 7.92. The smallest absolute Gasteiger partial charge is 0.255 e. The van der Waals surface area contributed by atoms with E-state index >= 15 is 0 Å². The highest BCUT2D eigenvalue weighted by atomic mass is 32.2. The van der Waals surface area contributed by atoms with Crippen LogP contribution in [0, 0.1) is 11.3 Å². The van der Waals surface area contributed by atoms with Crippen molar-refractivity contribution in [3.8, 4) is 23.3 Å². The number of allylic oxidation sites excluding steroid dienone is 3. The highest BCUT2D eigenvalue weighted by molar-refractivity contribution is 7.95. The van der Waals surface area contributed by atoms with E-state index < -0.39 is 21.7 Å². The van der Waals surface area contributed by atoms with Gasteiger partial charge in [0.25, 0.3) is 5.91 Å². The monoisotopic (exact) mass is 496 g/mol. The Kier molecular flexibility index (Phi) is 6.32. The molecule has 11 heteroatoms. The Bertz CT molecular complexity index is 1390. The summed E-state index contributed by atoms with van der Waals surface area (Å²) in [6.07, 6.45) is 0.247. The third-order valence-electron chi connectivity index (χ3n) is 5.91. The van der Waals surface area contributed by atoms with Crippen LogP contribution in [-0.4, -0.2) is 40.9 Å². The van der Waals surface area contributed by atoms with Crippen molar-refractivity contribution in [3.05, 3.63) is 70.0 Å². The summed E-state index contributed by atoms with van der Waals surface area (Å²) in [7, 11) is -0.718. The first-order valence-electron chi connectivity index (χ1n) is 10.6. The van der Waals surface area contributed by atoms with Crippen molar-refractivity contribution in [2.75, 3.05) is 31.5 Å². The lowest BCUT2D eigenvalue weighted by atomic mass is 9.87. The molecular formula is C24H24N4O6S. The first-order valence-corrected chi connectivity index (χ1v) is 12.3. The van der Waals surface area contributed by atoms with Gasteiger partial charge in [-0.1, -0.05) is 6.07 Å². The van der Waals surface area contributed by atoms with E-state index in [-0.39, 0.29) is 46.6 Å². The molecule has 1 unspecified atom stereocenters. The third-order valence-corrected chi connectivity index (χ3v) is 7.79. The van der Waals surface area contributed by atoms with E-state index in [1.54, 1.807) is 54.5 Å². The number of sulfone groups is 1. The maximum atomic E-state index is 13.2. The van der Waals surface area contributed by atoms with Crippen LogP contribution in [0.3, 0.4) is 0 Å². The number of benzene rings is 2. The molecule has 182 valence electrons. The van der Waals surface area contributed by atoms with Crippen LogP contribution in [0.2, 0.25) is 0 Å². The molecule has 0 spiro atoms. The summed E-state index contributed by atoms with van der Waals surface area (Å²) in [5.74, 6) is -0.381. The van der Waals surface area contributed by atoms with Crippen molar-refractivity contribution in [3.63, 3.8) is 0 Å². The van der Waals surface area contributed by atoms with Gasteiger partial charge in [-0.3, -0.25) is 9.69 Å². The van der Waals surface area contributed by atoms with Crippen LogP contribution in [0.15, 0.2) is 64.5 Å². The predicted octanol–water partition coefficient (Wildman–Crippen LogP) is 1.90. The fourth-order valence-electron chi connectivity index (χ4n) is 4.35. The summed E-state index contributed by atoms with van der Waals surface area (Å²) in [6, 6.07) is 13.8. The molecule has 0 saturated heterocycles. The SMILES string of the molecule is COc1ccc(N2C(N)=C(C#N)C(c3ccc(OCC(N)=O)c(OC)c3)C3=C2CCS3(=O)=O)cc1. The van der Waals surface area contributed by atoms with E-state index in [0.29, 0.717) is 22.7 Å². The van der Waals surface area contributed by atoms with E-state index in [1.807, 2.05) is 0 Å². The van der Waals surface area contributed by atoms with E-state index in [0.717, 1.165) is 0 Å². The average molecular weight is 497 g/mol. The van der Waals surface area contributed by atoms with Crippen molar-refractivity contribution in [2.45, 2.75) is 12.3 Å². The van der Waals surface area contributed by atoms with Crippen molar-refractivity contribution < 1.29 is 27.4 Å². The zero-order chi connectivity index (χ0) is 25.3. The Morgan fingerprint density at radius 1 is 1.14 bits per heavy atom. The molecule has 1 amide bonds. The predicted molar refractivity (Wildman–Crippen MR) is 128 cm³/mol. The number of hydrogen-bond donors (Lipinski definition) is 2. The maximum absolute atomic E-state index is 13.2. The lowest BCUT2D eigenvalue weighted by Gasteiger charge is -2.35. The Balaban J connectivity index is 1.87. The molecular weight excluding hydrogens is 472 g/mol. The number of amides is 1. The van der Waals surface area contributed by atoms with Crippen LogP contribution in [0.5, 0.6) is 17.2 Å². The number of nitrogens with two attached hydrogens (primary N) is 2. The lowest BCUT2D eigenvalue weighted by molar-refractivity contribution is -0.119. The minimum Gasteiger partial charge on any atom is -0.497 e. The van der Waals surface area contributed by atoms with Crippen LogP contribution in [0.1, 0.15) is 17.9 Å². The van der Waals surface area contributed by atoms with Gasteiger partial charge in [0.15, 0.2) is 27.9 Å². The Morgan fingerprint density at radius 2 is 1.86 bits per heavy atom. The highest BCUT2D eigenvalue weighted by Gasteiger charge is 2.45.